The van der Waals surface area contributed by atoms with Gasteiger partial charge in [0.1, 0.15) is 0 Å². The maximum Gasteiger partial charge on any atom is 0.162 e. The Bertz CT molecular complexity index is 971. The van der Waals surface area contributed by atoms with Crippen LogP contribution in [0.3, 0.4) is 0 Å². The van der Waals surface area contributed by atoms with Crippen molar-refractivity contribution in [2.24, 2.45) is 0 Å². The molecule has 2 aromatic rings. The Balaban J connectivity index is 1.15. The number of carbonyl (C=O) groups is 2. The van der Waals surface area contributed by atoms with Crippen LogP contribution in [-0.2, 0) is 15.9 Å². The summed E-state index contributed by atoms with van der Waals surface area (Å²) in [6.07, 6.45) is 5.83. The van der Waals surface area contributed by atoms with Crippen LogP contribution in [0.5, 0.6) is 0 Å². The van der Waals surface area contributed by atoms with Crippen molar-refractivity contribution in [1.82, 2.24) is 10.6 Å². The van der Waals surface area contributed by atoms with Crippen LogP contribution in [0.2, 0.25) is 0 Å². The summed E-state index contributed by atoms with van der Waals surface area (Å²) in [6.45, 7) is 5.09. The lowest BCUT2D eigenvalue weighted by Gasteiger charge is -2.23. The van der Waals surface area contributed by atoms with Crippen LogP contribution in [-0.4, -0.2) is 63.2 Å². The van der Waals surface area contributed by atoms with Gasteiger partial charge in [0.25, 0.3) is 0 Å². The number of hydrogen-bond donors (Lipinski definition) is 2. The Labute approximate surface area is 207 Å². The molecule has 0 spiro atoms. The largest absolute Gasteiger partial charge is 0.376 e. The van der Waals surface area contributed by atoms with E-state index < -0.39 is 0 Å². The molecule has 2 saturated heterocycles. The third-order valence-electron chi connectivity index (χ3n) is 7.39. The van der Waals surface area contributed by atoms with Crippen molar-refractivity contribution < 1.29 is 19.1 Å². The molecule has 6 nitrogen and oxygen atoms in total. The highest BCUT2D eigenvalue weighted by atomic mass is 16.5. The highest BCUT2D eigenvalue weighted by Gasteiger charge is 2.22. The first-order valence-corrected chi connectivity index (χ1v) is 13.1. The van der Waals surface area contributed by atoms with Gasteiger partial charge in [0.2, 0.25) is 0 Å². The van der Waals surface area contributed by atoms with E-state index in [1.807, 2.05) is 12.1 Å². The summed E-state index contributed by atoms with van der Waals surface area (Å²) in [5, 5.41) is 6.68. The van der Waals surface area contributed by atoms with E-state index in [1.165, 1.54) is 22.3 Å². The normalized spacial score (nSPS) is 21.4. The molecule has 6 heteroatoms. The summed E-state index contributed by atoms with van der Waals surface area (Å²) in [5.74, 6) is 0.390. The maximum atomic E-state index is 12.8. The first kappa shape index (κ1) is 24.3. The maximum absolute atomic E-state index is 12.8. The van der Waals surface area contributed by atoms with E-state index in [2.05, 4.69) is 34.9 Å². The second-order valence-corrected chi connectivity index (χ2v) is 9.95. The number of ether oxygens (including phenoxy) is 2. The van der Waals surface area contributed by atoms with Crippen LogP contribution in [0.1, 0.15) is 70.4 Å². The predicted molar refractivity (Wildman–Crippen MR) is 136 cm³/mol. The third kappa shape index (κ3) is 6.07. The summed E-state index contributed by atoms with van der Waals surface area (Å²) in [6, 6.07) is 12.2. The van der Waals surface area contributed by atoms with E-state index in [-0.39, 0.29) is 23.8 Å². The summed E-state index contributed by atoms with van der Waals surface area (Å²) in [5.41, 5.74) is 6.29. The molecule has 35 heavy (non-hydrogen) atoms. The van der Waals surface area contributed by atoms with Gasteiger partial charge < -0.3 is 20.1 Å². The minimum Gasteiger partial charge on any atom is -0.376 e. The molecule has 186 valence electrons. The van der Waals surface area contributed by atoms with Crippen molar-refractivity contribution in [3.05, 3.63) is 58.7 Å². The molecular weight excluding hydrogens is 440 g/mol. The average molecular weight is 477 g/mol. The molecule has 2 fully saturated rings. The van der Waals surface area contributed by atoms with Gasteiger partial charge in [0.05, 0.1) is 25.4 Å². The highest BCUT2D eigenvalue weighted by Crippen LogP contribution is 2.38. The van der Waals surface area contributed by atoms with Gasteiger partial charge in [0, 0.05) is 50.1 Å². The topological polar surface area (TPSA) is 76.7 Å². The smallest absolute Gasteiger partial charge is 0.162 e. The summed E-state index contributed by atoms with van der Waals surface area (Å²) in [4.78, 5) is 25.6. The molecule has 2 N–H and O–H groups in total. The Morgan fingerprint density at radius 1 is 0.743 bits per heavy atom. The zero-order valence-electron chi connectivity index (χ0n) is 20.4. The molecule has 2 atom stereocenters. The van der Waals surface area contributed by atoms with Gasteiger partial charge in [-0.05, 0) is 66.5 Å². The van der Waals surface area contributed by atoms with E-state index >= 15 is 0 Å². The number of ketones is 2. The molecule has 0 bridgehead atoms. The SMILES string of the molecule is O=C(CCCC1CNCCO1)c1ccc2c(c1)Cc1cc(C(=O)CCCC3CNCCO3)ccc1-2. The van der Waals surface area contributed by atoms with E-state index in [0.29, 0.717) is 12.8 Å². The Hall–Kier alpha value is -2.38. The van der Waals surface area contributed by atoms with Crippen molar-refractivity contribution in [2.45, 2.75) is 57.2 Å². The molecule has 0 aromatic heterocycles. The fraction of sp³-hybridized carbons (Fsp3) is 0.517. The Kier molecular flexibility index (Phi) is 8.04. The van der Waals surface area contributed by atoms with Crippen LogP contribution in [0.4, 0.5) is 0 Å². The van der Waals surface area contributed by atoms with E-state index in [1.54, 1.807) is 0 Å². The van der Waals surface area contributed by atoms with E-state index in [4.69, 9.17) is 9.47 Å². The van der Waals surface area contributed by atoms with Gasteiger partial charge in [-0.25, -0.2) is 0 Å². The Morgan fingerprint density at radius 3 is 1.66 bits per heavy atom. The zero-order valence-corrected chi connectivity index (χ0v) is 20.4. The van der Waals surface area contributed by atoms with E-state index in [9.17, 15) is 9.59 Å². The monoisotopic (exact) mass is 476 g/mol. The van der Waals surface area contributed by atoms with Gasteiger partial charge in [-0.15, -0.1) is 0 Å². The predicted octanol–water partition coefficient (Wildman–Crippen LogP) is 3.94. The molecule has 0 amide bonds. The number of Topliss-reactive ketones (excluding diaryl/α,β-unsaturated/α-hetero) is 2. The minimum absolute atomic E-state index is 0.195. The molecule has 5 rings (SSSR count). The van der Waals surface area contributed by atoms with Crippen molar-refractivity contribution in [3.63, 3.8) is 0 Å². The van der Waals surface area contributed by atoms with Gasteiger partial charge in [-0.1, -0.05) is 24.3 Å². The number of nitrogens with one attached hydrogen (secondary N) is 2. The lowest BCUT2D eigenvalue weighted by Crippen LogP contribution is -2.38. The standard InChI is InChI=1S/C29H36N2O4/c32-28(5-1-3-24-18-30-11-13-34-24)20-7-9-26-22(15-20)17-23-16-21(8-10-27(23)26)29(33)6-2-4-25-19-31-12-14-35-25/h7-10,15-16,24-25,30-31H,1-6,11-14,17-19H2. The summed E-state index contributed by atoms with van der Waals surface area (Å²) < 4.78 is 11.5. The van der Waals surface area contributed by atoms with Crippen LogP contribution < -0.4 is 10.6 Å². The third-order valence-corrected chi connectivity index (χ3v) is 7.39. The molecule has 2 aromatic carbocycles. The fourth-order valence-corrected chi connectivity index (χ4v) is 5.44. The van der Waals surface area contributed by atoms with Crippen molar-refractivity contribution in [3.8, 4) is 11.1 Å². The van der Waals surface area contributed by atoms with Gasteiger partial charge in [0.15, 0.2) is 11.6 Å². The summed E-state index contributed by atoms with van der Waals surface area (Å²) in [7, 11) is 0. The molecule has 0 saturated carbocycles. The van der Waals surface area contributed by atoms with Crippen LogP contribution in [0.15, 0.2) is 36.4 Å². The number of fused-ring (bicyclic) bond motifs is 3. The molecule has 1 aliphatic carbocycles. The van der Waals surface area contributed by atoms with Crippen molar-refractivity contribution in [1.29, 1.82) is 0 Å². The first-order chi connectivity index (χ1) is 17.2. The molecule has 2 aliphatic heterocycles. The summed E-state index contributed by atoms with van der Waals surface area (Å²) >= 11 is 0. The number of carbonyl (C=O) groups excluding carboxylic acids is 2. The number of morpholine rings is 2. The van der Waals surface area contributed by atoms with Crippen molar-refractivity contribution >= 4 is 11.6 Å². The molecular formula is C29H36N2O4. The lowest BCUT2D eigenvalue weighted by atomic mass is 9.97. The second-order valence-electron chi connectivity index (χ2n) is 9.95. The Morgan fingerprint density at radius 2 is 1.23 bits per heavy atom. The second kappa shape index (κ2) is 11.6. The number of benzene rings is 2. The average Bonchev–Trinajstić information content (AvgIpc) is 3.27. The van der Waals surface area contributed by atoms with Crippen LogP contribution in [0, 0.1) is 0 Å². The van der Waals surface area contributed by atoms with Crippen LogP contribution in [0.25, 0.3) is 11.1 Å². The first-order valence-electron chi connectivity index (χ1n) is 13.1. The lowest BCUT2D eigenvalue weighted by molar-refractivity contribution is 0.0221. The molecule has 0 radical (unpaired) electrons. The zero-order chi connectivity index (χ0) is 24.0. The van der Waals surface area contributed by atoms with E-state index in [0.717, 1.165) is 82.6 Å². The highest BCUT2D eigenvalue weighted by molar-refractivity contribution is 5.99. The van der Waals surface area contributed by atoms with Crippen LogP contribution >= 0.6 is 0 Å². The minimum atomic E-state index is 0.195. The quantitative estimate of drug-likeness (QED) is 0.432. The van der Waals surface area contributed by atoms with Gasteiger partial charge >= 0.3 is 0 Å². The van der Waals surface area contributed by atoms with Crippen molar-refractivity contribution in [2.75, 3.05) is 39.4 Å². The molecule has 2 unspecified atom stereocenters. The molecule has 3 aliphatic rings. The molecule has 2 heterocycles. The van der Waals surface area contributed by atoms with Gasteiger partial charge in [-0.3, -0.25) is 9.59 Å². The fourth-order valence-electron chi connectivity index (χ4n) is 5.44. The number of hydrogen-bond acceptors (Lipinski definition) is 6. The van der Waals surface area contributed by atoms with Gasteiger partial charge in [-0.2, -0.15) is 0 Å². The number of rotatable bonds is 10.